The van der Waals surface area contributed by atoms with Crippen LogP contribution in [0.3, 0.4) is 0 Å². The zero-order valence-electron chi connectivity index (χ0n) is 20.6. The van der Waals surface area contributed by atoms with E-state index in [1.165, 1.54) is 5.69 Å². The van der Waals surface area contributed by atoms with Gasteiger partial charge in [0.05, 0.1) is 35.0 Å². The quantitative estimate of drug-likeness (QED) is 0.397. The van der Waals surface area contributed by atoms with Crippen molar-refractivity contribution in [2.45, 2.75) is 26.1 Å². The van der Waals surface area contributed by atoms with Crippen molar-refractivity contribution in [3.63, 3.8) is 0 Å². The maximum atomic E-state index is 9.13. The Labute approximate surface area is 206 Å². The summed E-state index contributed by atoms with van der Waals surface area (Å²) in [5.74, 6) is 0. The average molecular weight is 464 g/mol. The summed E-state index contributed by atoms with van der Waals surface area (Å²) >= 11 is 0. The van der Waals surface area contributed by atoms with Gasteiger partial charge in [0.1, 0.15) is 0 Å². The molecule has 35 heavy (non-hydrogen) atoms. The number of benzene rings is 2. The summed E-state index contributed by atoms with van der Waals surface area (Å²) in [6.45, 7) is 6.05. The third-order valence-electron chi connectivity index (χ3n) is 6.49. The molecule has 0 amide bonds. The number of ether oxygens (including phenoxy) is 1. The molecule has 0 aliphatic carbocycles. The lowest BCUT2D eigenvalue weighted by Crippen LogP contribution is -2.45. The Balaban J connectivity index is 1.56. The Morgan fingerprint density at radius 2 is 1.51 bits per heavy atom. The number of pyridine rings is 2. The van der Waals surface area contributed by atoms with Gasteiger partial charge in [-0.25, -0.2) is 0 Å². The molecule has 2 atom stereocenters. The number of nitriles is 1. The monoisotopic (exact) mass is 463 g/mol. The number of morpholine rings is 1. The van der Waals surface area contributed by atoms with Crippen LogP contribution in [-0.2, 0) is 4.74 Å². The second-order valence-corrected chi connectivity index (χ2v) is 9.40. The normalized spacial score (nSPS) is 17.9. The smallest absolute Gasteiger partial charge is 0.0991 e. The number of nitrogens with zero attached hydrogens (tertiary/aromatic N) is 5. The van der Waals surface area contributed by atoms with E-state index in [0.717, 1.165) is 51.9 Å². The minimum atomic E-state index is 0.223. The van der Waals surface area contributed by atoms with Crippen LogP contribution >= 0.6 is 0 Å². The summed E-state index contributed by atoms with van der Waals surface area (Å²) < 4.78 is 5.89. The van der Waals surface area contributed by atoms with Crippen LogP contribution in [0.2, 0.25) is 0 Å². The van der Waals surface area contributed by atoms with Crippen molar-refractivity contribution >= 4 is 22.3 Å². The second-order valence-electron chi connectivity index (χ2n) is 9.40. The molecular weight excluding hydrogens is 434 g/mol. The minimum absolute atomic E-state index is 0.223. The van der Waals surface area contributed by atoms with Gasteiger partial charge in [-0.1, -0.05) is 24.3 Å². The molecule has 2 aromatic carbocycles. The van der Waals surface area contributed by atoms with Gasteiger partial charge in [0.2, 0.25) is 0 Å². The first kappa shape index (κ1) is 22.8. The Hall–Kier alpha value is -3.95. The van der Waals surface area contributed by atoms with Crippen molar-refractivity contribution in [3.05, 3.63) is 72.7 Å². The van der Waals surface area contributed by atoms with E-state index in [4.69, 9.17) is 15.0 Å². The van der Waals surface area contributed by atoms with Crippen LogP contribution in [0.25, 0.3) is 33.2 Å². The zero-order chi connectivity index (χ0) is 24.5. The van der Waals surface area contributed by atoms with Gasteiger partial charge < -0.3 is 14.5 Å². The topological polar surface area (TPSA) is 65.3 Å². The number of hydrogen-bond donors (Lipinski definition) is 0. The fourth-order valence-corrected chi connectivity index (χ4v) is 4.97. The summed E-state index contributed by atoms with van der Waals surface area (Å²) in [7, 11) is 4.11. The van der Waals surface area contributed by atoms with Gasteiger partial charge in [0.15, 0.2) is 0 Å². The lowest BCUT2D eigenvalue weighted by Gasteiger charge is -2.37. The molecule has 0 saturated carbocycles. The lowest BCUT2D eigenvalue weighted by molar-refractivity contribution is -0.00521. The number of anilines is 2. The third-order valence-corrected chi connectivity index (χ3v) is 6.49. The predicted octanol–water partition coefficient (Wildman–Crippen LogP) is 5.52. The zero-order valence-corrected chi connectivity index (χ0v) is 20.6. The molecule has 0 bridgehead atoms. The Bertz CT molecular complexity index is 1380. The first-order valence-corrected chi connectivity index (χ1v) is 11.9. The van der Waals surface area contributed by atoms with Gasteiger partial charge in [-0.15, -0.1) is 0 Å². The molecule has 1 aliphatic rings. The van der Waals surface area contributed by atoms with Crippen LogP contribution in [0.15, 0.2) is 67.1 Å². The lowest BCUT2D eigenvalue weighted by atomic mass is 9.98. The van der Waals surface area contributed by atoms with E-state index in [-0.39, 0.29) is 12.2 Å². The number of hydrogen-bond acceptors (Lipinski definition) is 6. The first-order valence-electron chi connectivity index (χ1n) is 11.9. The molecule has 1 saturated heterocycles. The highest BCUT2D eigenvalue weighted by molar-refractivity contribution is 6.04. The minimum Gasteiger partial charge on any atom is -0.377 e. The van der Waals surface area contributed by atoms with E-state index in [1.807, 2.05) is 42.9 Å². The van der Waals surface area contributed by atoms with Crippen molar-refractivity contribution in [3.8, 4) is 28.3 Å². The van der Waals surface area contributed by atoms with Crippen molar-refractivity contribution in [2.24, 2.45) is 0 Å². The summed E-state index contributed by atoms with van der Waals surface area (Å²) in [4.78, 5) is 14.0. The number of rotatable bonds is 4. The van der Waals surface area contributed by atoms with Crippen molar-refractivity contribution in [1.82, 2.24) is 9.97 Å². The Morgan fingerprint density at radius 3 is 2.14 bits per heavy atom. The molecule has 1 unspecified atom stereocenters. The molecule has 5 rings (SSSR count). The summed E-state index contributed by atoms with van der Waals surface area (Å²) in [6, 6.07) is 18.5. The SMILES string of the molecule is CC1CN(c2ccc(-c3cnc4c(-c5ccc(C#N)cc5)cncc4c3N(C)C)cc2)C[C@@H](C)O1. The average Bonchev–Trinajstić information content (AvgIpc) is 2.87. The molecule has 2 aromatic heterocycles. The maximum absolute atomic E-state index is 9.13. The molecule has 6 nitrogen and oxygen atoms in total. The molecule has 1 fully saturated rings. The van der Waals surface area contributed by atoms with E-state index in [9.17, 15) is 0 Å². The molecule has 0 spiro atoms. The van der Waals surface area contributed by atoms with Crippen LogP contribution in [-0.4, -0.2) is 49.4 Å². The number of fused-ring (bicyclic) bond motifs is 1. The van der Waals surface area contributed by atoms with Gasteiger partial charge in [-0.3, -0.25) is 9.97 Å². The molecule has 4 aromatic rings. The van der Waals surface area contributed by atoms with Crippen molar-refractivity contribution in [2.75, 3.05) is 37.0 Å². The van der Waals surface area contributed by atoms with E-state index < -0.39 is 0 Å². The van der Waals surface area contributed by atoms with Crippen LogP contribution in [0, 0.1) is 11.3 Å². The summed E-state index contributed by atoms with van der Waals surface area (Å²) in [5.41, 5.74) is 7.94. The third kappa shape index (κ3) is 4.43. The van der Waals surface area contributed by atoms with Crippen LogP contribution in [0.1, 0.15) is 19.4 Å². The van der Waals surface area contributed by atoms with E-state index in [0.29, 0.717) is 5.56 Å². The Morgan fingerprint density at radius 1 is 0.886 bits per heavy atom. The standard InChI is InChI=1S/C29H29N5O/c1-19-17-34(18-20(2)35-19)24-11-9-23(10-12-24)26-16-32-28-25(22-7-5-21(13-30)6-8-22)14-31-15-27(28)29(26)33(3)4/h5-12,14-16,19-20H,17-18H2,1-4H3/t19-,20?/m1/s1. The first-order chi connectivity index (χ1) is 16.9. The van der Waals surface area contributed by atoms with Gasteiger partial charge in [0, 0.05) is 68.0 Å². The molecule has 3 heterocycles. The predicted molar refractivity (Wildman–Crippen MR) is 142 cm³/mol. The van der Waals surface area contributed by atoms with Crippen LogP contribution in [0.5, 0.6) is 0 Å². The fraction of sp³-hybridized carbons (Fsp3) is 0.276. The van der Waals surface area contributed by atoms with Gasteiger partial charge in [-0.2, -0.15) is 5.26 Å². The highest BCUT2D eigenvalue weighted by atomic mass is 16.5. The van der Waals surface area contributed by atoms with Crippen molar-refractivity contribution < 1.29 is 4.74 Å². The molecule has 0 N–H and O–H groups in total. The highest BCUT2D eigenvalue weighted by Gasteiger charge is 2.23. The van der Waals surface area contributed by atoms with E-state index >= 15 is 0 Å². The molecule has 6 heteroatoms. The van der Waals surface area contributed by atoms with Crippen LogP contribution in [0.4, 0.5) is 11.4 Å². The van der Waals surface area contributed by atoms with Gasteiger partial charge in [-0.05, 0) is 49.2 Å². The van der Waals surface area contributed by atoms with E-state index in [2.05, 4.69) is 73.1 Å². The largest absolute Gasteiger partial charge is 0.377 e. The number of aromatic nitrogens is 2. The highest BCUT2D eigenvalue weighted by Crippen LogP contribution is 2.38. The maximum Gasteiger partial charge on any atom is 0.0991 e. The summed E-state index contributed by atoms with van der Waals surface area (Å²) in [5, 5.41) is 10.1. The van der Waals surface area contributed by atoms with Crippen LogP contribution < -0.4 is 9.80 Å². The van der Waals surface area contributed by atoms with Gasteiger partial charge >= 0.3 is 0 Å². The molecular formula is C29H29N5O. The van der Waals surface area contributed by atoms with Gasteiger partial charge in [0.25, 0.3) is 0 Å². The van der Waals surface area contributed by atoms with Crippen molar-refractivity contribution in [1.29, 1.82) is 5.26 Å². The fourth-order valence-electron chi connectivity index (χ4n) is 4.97. The molecule has 0 radical (unpaired) electrons. The molecule has 1 aliphatic heterocycles. The Kier molecular flexibility index (Phi) is 6.10. The second kappa shape index (κ2) is 9.36. The summed E-state index contributed by atoms with van der Waals surface area (Å²) in [6.07, 6.45) is 6.13. The van der Waals surface area contributed by atoms with E-state index in [1.54, 1.807) is 0 Å². The molecule has 176 valence electrons.